The minimum Gasteiger partial charge on any atom is -0.391 e. The quantitative estimate of drug-likeness (QED) is 0.0203. The summed E-state index contributed by atoms with van der Waals surface area (Å²) < 4.78 is 0. The molecule has 7 rings (SSSR count). The number of benzene rings is 1. The van der Waals surface area contributed by atoms with Gasteiger partial charge in [0.2, 0.25) is 59.1 Å². The van der Waals surface area contributed by atoms with Gasteiger partial charge in [-0.15, -0.1) is 11.3 Å². The molecule has 2 aromatic rings. The summed E-state index contributed by atoms with van der Waals surface area (Å²) in [7, 11) is 0. The third kappa shape index (κ3) is 19.4. The molecule has 0 unspecified atom stereocenters. The van der Waals surface area contributed by atoms with Crippen LogP contribution in [-0.4, -0.2) is 214 Å². The lowest BCUT2D eigenvalue weighted by atomic mass is 9.84. The van der Waals surface area contributed by atoms with Gasteiger partial charge in [0.15, 0.2) is 17.9 Å². The van der Waals surface area contributed by atoms with E-state index >= 15 is 4.79 Å². The van der Waals surface area contributed by atoms with E-state index in [0.717, 1.165) is 30.4 Å². The standard InChI is InChI=1S/C60H92N20O11S/c1-2-68-51(85)40(17-8-22-70-59(64)65)75-54(88)46-27-35-13-5-6-19-43(35)80(46)57(91)47-26-34-12-3-4-14-36(34)32-78(47)49(83)31-73-52(86)42(29-38-15-11-25-92-38)74-48(82)30-72-53(87)45-28-37(81)33-79(45)56(90)44-20-10-24-77(44)55(89)41(18-9-23-71-60(66)67)76-50(84)39(61)16-7-21-69-58(62)63/h3-4,11-12,14-15,25,35,37,39-47,81H,2,5-10,13,16-24,26-33,61H2,1H3,(H,68,85)(H,72,87)(H,73,86)(H,74,82)(H,75,88)(H,76,84)(H4,62,63,69)(H4,64,65,70)(H4,66,67,71)/t35-,37+,39+,40-,41-,42-,43-,44-,45-,46-,47-/m0/s1. The van der Waals surface area contributed by atoms with Gasteiger partial charge in [-0.1, -0.05) is 43.2 Å². The number of aliphatic hydroxyl groups is 1. The molecule has 10 amide bonds. The van der Waals surface area contributed by atoms with Gasteiger partial charge in [0.25, 0.3) is 0 Å². The summed E-state index contributed by atoms with van der Waals surface area (Å²) in [6.45, 7) is 1.54. The van der Waals surface area contributed by atoms with Crippen molar-refractivity contribution in [3.8, 4) is 0 Å². The van der Waals surface area contributed by atoms with Crippen molar-refractivity contribution in [1.82, 2.24) is 67.5 Å². The number of likely N-dealkylation sites (tertiary alicyclic amines) is 3. The Morgan fingerprint density at radius 3 is 1.93 bits per heavy atom. The number of carbonyl (C=O) groups excluding carboxylic acids is 10. The highest BCUT2D eigenvalue weighted by molar-refractivity contribution is 7.09. The topological polar surface area (TPSA) is 488 Å². The van der Waals surface area contributed by atoms with Crippen LogP contribution in [0.1, 0.15) is 113 Å². The third-order valence-electron chi connectivity index (χ3n) is 17.6. The van der Waals surface area contributed by atoms with E-state index in [0.29, 0.717) is 56.6 Å². The van der Waals surface area contributed by atoms with Gasteiger partial charge < -0.3 is 95.5 Å². The van der Waals surface area contributed by atoms with E-state index in [1.165, 1.54) is 26.0 Å². The number of guanidine groups is 3. The highest BCUT2D eigenvalue weighted by atomic mass is 32.1. The average Bonchev–Trinajstić information content (AvgIpc) is 1.52. The van der Waals surface area contributed by atoms with Crippen molar-refractivity contribution in [2.24, 2.45) is 28.9 Å². The van der Waals surface area contributed by atoms with Crippen molar-refractivity contribution < 1.29 is 53.1 Å². The number of aliphatic hydroxyl groups excluding tert-OH is 1. The zero-order chi connectivity index (χ0) is 66.6. The van der Waals surface area contributed by atoms with Crippen LogP contribution in [0.2, 0.25) is 0 Å². The lowest BCUT2D eigenvalue weighted by molar-refractivity contribution is -0.151. The van der Waals surface area contributed by atoms with E-state index in [-0.39, 0.29) is 107 Å². The van der Waals surface area contributed by atoms with E-state index in [1.807, 2.05) is 24.3 Å². The van der Waals surface area contributed by atoms with Gasteiger partial charge in [0.05, 0.1) is 25.2 Å². The fourth-order valence-electron chi connectivity index (χ4n) is 13.0. The first kappa shape index (κ1) is 70.8. The molecule has 5 aliphatic rings. The van der Waals surface area contributed by atoms with Crippen LogP contribution in [0.3, 0.4) is 0 Å². The molecule has 1 aromatic heterocycles. The number of hydrogen-bond acceptors (Lipinski definition) is 16. The lowest BCUT2D eigenvalue weighted by Crippen LogP contribution is -2.61. The van der Waals surface area contributed by atoms with Gasteiger partial charge in [-0.05, 0) is 106 Å². The van der Waals surface area contributed by atoms with Crippen LogP contribution in [-0.2, 0) is 67.3 Å². The van der Waals surface area contributed by atoms with E-state index in [2.05, 4.69) is 47.9 Å². The van der Waals surface area contributed by atoms with Gasteiger partial charge in [-0.2, -0.15) is 0 Å². The van der Waals surface area contributed by atoms with Crippen LogP contribution in [0.5, 0.6) is 0 Å². The maximum Gasteiger partial charge on any atom is 0.246 e. The minimum atomic E-state index is -1.27. The maximum absolute atomic E-state index is 15.3. The molecule has 32 heteroatoms. The van der Waals surface area contributed by atoms with E-state index in [1.54, 1.807) is 29.3 Å². The number of amides is 10. The second kappa shape index (κ2) is 34.1. The van der Waals surface area contributed by atoms with E-state index in [9.17, 15) is 48.3 Å². The molecule has 0 spiro atoms. The second-order valence-corrected chi connectivity index (χ2v) is 25.1. The van der Waals surface area contributed by atoms with Crippen LogP contribution in [0.25, 0.3) is 0 Å². The zero-order valence-electron chi connectivity index (χ0n) is 52.1. The van der Waals surface area contributed by atoms with Crippen molar-refractivity contribution in [3.05, 3.63) is 57.8 Å². The molecule has 0 bridgehead atoms. The number of thiophene rings is 1. The average molecular weight is 1300 g/mol. The SMILES string of the molecule is CCNC(=O)[C@H](CCCNC(=N)N)NC(=O)[C@@H]1C[C@@H]2CCCC[C@@H]2N1C(=O)[C@@H]1Cc2ccccc2CN1C(=O)CNC(=O)[C@H](Cc1cccs1)NC(=O)CNC(=O)[C@@H]1C[C@@H](O)CN1C(=O)[C@@H]1CCCN1C(=O)[C@H](CCCNC(=N)N)NC(=O)[C@H](N)CCCNC(=N)N. The molecule has 1 aromatic carbocycles. The van der Waals surface area contributed by atoms with Crippen molar-refractivity contribution in [2.75, 3.05) is 52.4 Å². The van der Waals surface area contributed by atoms with Crippen molar-refractivity contribution in [2.45, 2.75) is 177 Å². The first-order valence-corrected chi connectivity index (χ1v) is 32.6. The molecular formula is C60H92N20O11S. The van der Waals surface area contributed by atoms with Gasteiger partial charge in [0, 0.05) is 76.0 Å². The Morgan fingerprint density at radius 2 is 1.27 bits per heavy atom. The minimum absolute atomic E-state index is 0.00529. The molecule has 1 saturated carbocycles. The molecule has 21 N–H and O–H groups in total. The Kier molecular flexibility index (Phi) is 26.3. The summed E-state index contributed by atoms with van der Waals surface area (Å²) in [5, 5.41) is 59.3. The predicted molar refractivity (Wildman–Crippen MR) is 340 cm³/mol. The fourth-order valence-corrected chi connectivity index (χ4v) is 13.8. The zero-order valence-corrected chi connectivity index (χ0v) is 52.9. The maximum atomic E-state index is 15.3. The monoisotopic (exact) mass is 1300 g/mol. The van der Waals surface area contributed by atoms with Crippen molar-refractivity contribution in [1.29, 1.82) is 16.2 Å². The number of rotatable bonds is 30. The second-order valence-electron chi connectivity index (χ2n) is 24.1. The summed E-state index contributed by atoms with van der Waals surface area (Å²) in [5.41, 5.74) is 24.1. The third-order valence-corrected chi connectivity index (χ3v) is 18.5. The van der Waals surface area contributed by atoms with Crippen LogP contribution in [0.4, 0.5) is 0 Å². The Morgan fingerprint density at radius 1 is 0.620 bits per heavy atom. The van der Waals surface area contributed by atoms with Crippen LogP contribution >= 0.6 is 11.3 Å². The van der Waals surface area contributed by atoms with Gasteiger partial charge in [0.1, 0.15) is 42.3 Å². The number of carbonyl (C=O) groups is 10. The number of nitrogens with zero attached hydrogens (tertiary/aromatic N) is 4. The Hall–Kier alpha value is -8.65. The van der Waals surface area contributed by atoms with Gasteiger partial charge in [-0.3, -0.25) is 64.2 Å². The molecule has 4 fully saturated rings. The smallest absolute Gasteiger partial charge is 0.246 e. The van der Waals surface area contributed by atoms with Crippen LogP contribution in [0.15, 0.2) is 41.8 Å². The van der Waals surface area contributed by atoms with Crippen LogP contribution < -0.4 is 70.8 Å². The molecule has 504 valence electrons. The Labute approximate surface area is 538 Å². The van der Waals surface area contributed by atoms with Crippen LogP contribution in [0, 0.1) is 22.1 Å². The lowest BCUT2D eigenvalue weighted by Gasteiger charge is -2.41. The molecular weight excluding hydrogens is 1210 g/mol. The predicted octanol–water partition coefficient (Wildman–Crippen LogP) is -3.70. The highest BCUT2D eigenvalue weighted by Gasteiger charge is 2.51. The molecule has 92 heavy (non-hydrogen) atoms. The number of nitrogens with one attached hydrogen (secondary N) is 12. The molecule has 0 radical (unpaired) electrons. The normalized spacial score (nSPS) is 22.0. The largest absolute Gasteiger partial charge is 0.391 e. The molecule has 11 atom stereocenters. The van der Waals surface area contributed by atoms with Crippen molar-refractivity contribution >= 4 is 88.3 Å². The number of nitrogens with two attached hydrogens (primary N) is 4. The number of β-amino-alcohol motifs (C(OH)–C–C–N with tert-alkyl or cyclic N) is 1. The summed E-state index contributed by atoms with van der Waals surface area (Å²) in [6.07, 6.45) is 4.57. The number of hydrogen-bond donors (Lipinski definition) is 17. The first-order valence-electron chi connectivity index (χ1n) is 31.8. The fraction of sp³-hybridized carbons (Fsp3) is 0.617. The van der Waals surface area contributed by atoms with Gasteiger partial charge in [-0.25, -0.2) is 0 Å². The number of likely N-dealkylation sites (N-methyl/N-ethyl adjacent to an activating group) is 1. The summed E-state index contributed by atoms with van der Waals surface area (Å²) in [6, 6.07) is 1.92. The first-order chi connectivity index (χ1) is 44.0. The Balaban J connectivity index is 0.996. The summed E-state index contributed by atoms with van der Waals surface area (Å²) >= 11 is 1.32. The van der Waals surface area contributed by atoms with Crippen molar-refractivity contribution in [3.63, 3.8) is 0 Å². The summed E-state index contributed by atoms with van der Waals surface area (Å²) in [5.74, 6) is -6.80. The molecule has 31 nitrogen and oxygen atoms in total. The molecule has 1 aliphatic carbocycles. The van der Waals surface area contributed by atoms with Gasteiger partial charge >= 0.3 is 0 Å². The van der Waals surface area contributed by atoms with E-state index < -0.39 is 127 Å². The molecule has 3 saturated heterocycles. The van der Waals surface area contributed by atoms with E-state index in [4.69, 9.17) is 39.2 Å². The highest BCUT2D eigenvalue weighted by Crippen LogP contribution is 2.41. The summed E-state index contributed by atoms with van der Waals surface area (Å²) in [4.78, 5) is 148. The Bertz CT molecular complexity index is 2990. The molecule has 5 heterocycles. The molecule has 4 aliphatic heterocycles. The number of fused-ring (bicyclic) bond motifs is 2.